The third-order valence-electron chi connectivity index (χ3n) is 2.86. The molecule has 13 heavy (non-hydrogen) atoms. The van der Waals surface area contributed by atoms with Crippen LogP contribution in [0.1, 0.15) is 54.9 Å². The van der Waals surface area contributed by atoms with E-state index in [4.69, 9.17) is 5.73 Å². The van der Waals surface area contributed by atoms with Crippen LogP contribution in [0.25, 0.3) is 0 Å². The maximum absolute atomic E-state index is 6.19. The predicted molar refractivity (Wildman–Crippen MR) is 60.7 cm³/mol. The molecule has 1 nitrogen and oxygen atoms in total. The second kappa shape index (κ2) is 4.00. The molecule has 0 saturated carbocycles. The quantitative estimate of drug-likeness (QED) is 0.701. The van der Waals surface area contributed by atoms with Crippen LogP contribution >= 0.6 is 0 Å². The van der Waals surface area contributed by atoms with E-state index in [0.717, 1.165) is 6.42 Å². The van der Waals surface area contributed by atoms with Crippen LogP contribution in [0.2, 0.25) is 0 Å². The summed E-state index contributed by atoms with van der Waals surface area (Å²) in [5.41, 5.74) is 6.86. The van der Waals surface area contributed by atoms with E-state index in [-0.39, 0.29) is 0 Å². The van der Waals surface area contributed by atoms with Crippen LogP contribution in [-0.4, -0.2) is 6.04 Å². The highest BCUT2D eigenvalue weighted by Gasteiger charge is 2.28. The van der Waals surface area contributed by atoms with Crippen LogP contribution in [0.4, 0.5) is 0 Å². The first-order chi connectivity index (χ1) is 5.54. The van der Waals surface area contributed by atoms with Crippen molar-refractivity contribution in [2.24, 2.45) is 22.5 Å². The van der Waals surface area contributed by atoms with Crippen LogP contribution in [0.3, 0.4) is 0 Å². The lowest BCUT2D eigenvalue weighted by molar-refractivity contribution is 0.183. The van der Waals surface area contributed by atoms with Gasteiger partial charge in [0.1, 0.15) is 0 Å². The van der Waals surface area contributed by atoms with Gasteiger partial charge in [-0.25, -0.2) is 0 Å². The van der Waals surface area contributed by atoms with Crippen molar-refractivity contribution in [3.63, 3.8) is 0 Å². The molecular weight excluding hydrogens is 158 g/mol. The Morgan fingerprint density at radius 2 is 1.38 bits per heavy atom. The Kier molecular flexibility index (Phi) is 3.98. The third kappa shape index (κ3) is 5.30. The van der Waals surface area contributed by atoms with Crippen LogP contribution in [0.15, 0.2) is 0 Å². The van der Waals surface area contributed by atoms with E-state index in [2.05, 4.69) is 48.5 Å². The summed E-state index contributed by atoms with van der Waals surface area (Å²) in [4.78, 5) is 0. The Labute approximate surface area is 84.1 Å². The fourth-order valence-corrected chi connectivity index (χ4v) is 1.53. The van der Waals surface area contributed by atoms with Gasteiger partial charge in [0.2, 0.25) is 0 Å². The minimum Gasteiger partial charge on any atom is -0.327 e. The van der Waals surface area contributed by atoms with Crippen molar-refractivity contribution in [2.45, 2.75) is 60.9 Å². The lowest BCUT2D eigenvalue weighted by Crippen LogP contribution is -2.39. The fraction of sp³-hybridized carbons (Fsp3) is 1.00. The molecule has 1 heteroatoms. The summed E-state index contributed by atoms with van der Waals surface area (Å²) in [5, 5.41) is 0. The zero-order valence-corrected chi connectivity index (χ0v) is 10.4. The predicted octanol–water partition coefficient (Wildman–Crippen LogP) is 3.43. The summed E-state index contributed by atoms with van der Waals surface area (Å²) in [6, 6.07) is 0.319. The van der Waals surface area contributed by atoms with Crippen molar-refractivity contribution >= 4 is 0 Å². The summed E-state index contributed by atoms with van der Waals surface area (Å²) >= 11 is 0. The van der Waals surface area contributed by atoms with Gasteiger partial charge in [0, 0.05) is 6.04 Å². The molecule has 0 aliphatic carbocycles. The van der Waals surface area contributed by atoms with Crippen molar-refractivity contribution < 1.29 is 0 Å². The van der Waals surface area contributed by atoms with Gasteiger partial charge in [-0.2, -0.15) is 0 Å². The molecular formula is C12H27N. The number of rotatable bonds is 2. The zero-order chi connectivity index (χ0) is 10.9. The van der Waals surface area contributed by atoms with Gasteiger partial charge in [-0.3, -0.25) is 0 Å². The molecule has 0 radical (unpaired) electrons. The van der Waals surface area contributed by atoms with E-state index in [1.165, 1.54) is 0 Å². The molecule has 0 aromatic rings. The van der Waals surface area contributed by atoms with E-state index in [1.54, 1.807) is 0 Å². The highest BCUT2D eigenvalue weighted by molar-refractivity contribution is 4.82. The fourth-order valence-electron chi connectivity index (χ4n) is 1.53. The van der Waals surface area contributed by atoms with Gasteiger partial charge in [0.25, 0.3) is 0 Å². The first-order valence-corrected chi connectivity index (χ1v) is 5.29. The number of nitrogens with two attached hydrogens (primary N) is 1. The smallest absolute Gasteiger partial charge is 0.00744 e. The lowest BCUT2D eigenvalue weighted by atomic mass is 9.73. The van der Waals surface area contributed by atoms with Crippen molar-refractivity contribution in [1.82, 2.24) is 0 Å². The van der Waals surface area contributed by atoms with Crippen molar-refractivity contribution in [2.75, 3.05) is 0 Å². The molecule has 0 spiro atoms. The summed E-state index contributed by atoms with van der Waals surface area (Å²) < 4.78 is 0. The normalized spacial score (nSPS) is 18.5. The largest absolute Gasteiger partial charge is 0.327 e. The number of hydrogen-bond donors (Lipinski definition) is 1. The van der Waals surface area contributed by atoms with Gasteiger partial charge in [0.05, 0.1) is 0 Å². The SMILES string of the molecule is CC(C(N)CC(C)(C)C)C(C)(C)C. The van der Waals surface area contributed by atoms with Gasteiger partial charge in [-0.15, -0.1) is 0 Å². The summed E-state index contributed by atoms with van der Waals surface area (Å²) in [6.07, 6.45) is 1.10. The van der Waals surface area contributed by atoms with E-state index < -0.39 is 0 Å². The first kappa shape index (κ1) is 13.0. The van der Waals surface area contributed by atoms with Gasteiger partial charge >= 0.3 is 0 Å². The van der Waals surface area contributed by atoms with Gasteiger partial charge in [-0.1, -0.05) is 48.5 Å². The molecule has 0 saturated heterocycles. The Morgan fingerprint density at radius 3 is 1.62 bits per heavy atom. The van der Waals surface area contributed by atoms with E-state index in [0.29, 0.717) is 22.8 Å². The summed E-state index contributed by atoms with van der Waals surface area (Å²) in [7, 11) is 0. The maximum atomic E-state index is 6.19. The van der Waals surface area contributed by atoms with Gasteiger partial charge in [-0.05, 0) is 23.2 Å². The van der Waals surface area contributed by atoms with E-state index >= 15 is 0 Å². The Bertz CT molecular complexity index is 147. The molecule has 0 aromatic carbocycles. The molecule has 2 unspecified atom stereocenters. The first-order valence-electron chi connectivity index (χ1n) is 5.29. The van der Waals surface area contributed by atoms with Crippen LogP contribution in [0, 0.1) is 16.7 Å². The minimum atomic E-state index is 0.319. The molecule has 0 amide bonds. The minimum absolute atomic E-state index is 0.319. The van der Waals surface area contributed by atoms with Gasteiger partial charge < -0.3 is 5.73 Å². The summed E-state index contributed by atoms with van der Waals surface area (Å²) in [6.45, 7) is 15.8. The topological polar surface area (TPSA) is 26.0 Å². The standard InChI is InChI=1S/C12H27N/c1-9(12(5,6)7)10(13)8-11(2,3)4/h9-10H,8,13H2,1-7H3. The second-order valence-corrected chi connectivity index (χ2v) is 6.58. The van der Waals surface area contributed by atoms with Crippen molar-refractivity contribution in [1.29, 1.82) is 0 Å². The molecule has 0 aromatic heterocycles. The molecule has 0 heterocycles. The van der Waals surface area contributed by atoms with Crippen molar-refractivity contribution in [3.05, 3.63) is 0 Å². The van der Waals surface area contributed by atoms with Crippen LogP contribution in [-0.2, 0) is 0 Å². The van der Waals surface area contributed by atoms with Crippen LogP contribution in [0.5, 0.6) is 0 Å². The average Bonchev–Trinajstić information content (AvgIpc) is 1.79. The molecule has 2 atom stereocenters. The molecule has 0 bridgehead atoms. The molecule has 0 rings (SSSR count). The molecule has 0 aliphatic heterocycles. The Hall–Kier alpha value is -0.0400. The van der Waals surface area contributed by atoms with Crippen LogP contribution < -0.4 is 5.73 Å². The van der Waals surface area contributed by atoms with Gasteiger partial charge in [0.15, 0.2) is 0 Å². The zero-order valence-electron chi connectivity index (χ0n) is 10.4. The highest BCUT2D eigenvalue weighted by Crippen LogP contribution is 2.32. The highest BCUT2D eigenvalue weighted by atomic mass is 14.7. The molecule has 2 N–H and O–H groups in total. The average molecular weight is 185 g/mol. The monoisotopic (exact) mass is 185 g/mol. The number of hydrogen-bond acceptors (Lipinski definition) is 1. The summed E-state index contributed by atoms with van der Waals surface area (Å²) in [5.74, 6) is 0.576. The maximum Gasteiger partial charge on any atom is 0.00744 e. The lowest BCUT2D eigenvalue weighted by Gasteiger charge is -2.35. The van der Waals surface area contributed by atoms with E-state index in [9.17, 15) is 0 Å². The Morgan fingerprint density at radius 1 is 1.00 bits per heavy atom. The Balaban J connectivity index is 4.20. The van der Waals surface area contributed by atoms with Crippen molar-refractivity contribution in [3.8, 4) is 0 Å². The molecule has 80 valence electrons. The molecule has 0 fully saturated rings. The third-order valence-corrected chi connectivity index (χ3v) is 2.86. The second-order valence-electron chi connectivity index (χ2n) is 6.58. The van der Waals surface area contributed by atoms with E-state index in [1.807, 2.05) is 0 Å². The molecule has 0 aliphatic rings.